The summed E-state index contributed by atoms with van der Waals surface area (Å²) in [7, 11) is 1.53. The van der Waals surface area contributed by atoms with Crippen LogP contribution in [0.3, 0.4) is 0 Å². The maximum atomic E-state index is 12.4. The second-order valence-electron chi connectivity index (χ2n) is 8.18. The smallest absolute Gasteiger partial charge is 0.329 e. The average molecular weight is 519 g/mol. The van der Waals surface area contributed by atoms with Crippen LogP contribution in [0.2, 0.25) is 0 Å². The van der Waals surface area contributed by atoms with Gasteiger partial charge in [-0.3, -0.25) is 14.4 Å². The van der Waals surface area contributed by atoms with E-state index in [9.17, 15) is 14.4 Å². The van der Waals surface area contributed by atoms with Crippen molar-refractivity contribution in [2.45, 2.75) is 20.8 Å². The van der Waals surface area contributed by atoms with Crippen LogP contribution in [0.5, 0.6) is 17.2 Å². The first kappa shape index (κ1) is 27.7. The molecule has 0 aliphatic rings. The molecular weight excluding hydrogens is 488 g/mol. The van der Waals surface area contributed by atoms with Crippen molar-refractivity contribution < 1.29 is 28.6 Å². The first-order chi connectivity index (χ1) is 18.3. The Morgan fingerprint density at radius 3 is 2.34 bits per heavy atom. The van der Waals surface area contributed by atoms with E-state index >= 15 is 0 Å². The quantitative estimate of drug-likeness (QED) is 0.213. The van der Waals surface area contributed by atoms with E-state index in [0.717, 1.165) is 16.8 Å². The van der Waals surface area contributed by atoms with Gasteiger partial charge in [-0.25, -0.2) is 5.43 Å². The third kappa shape index (κ3) is 8.09. The highest BCUT2D eigenvalue weighted by atomic mass is 16.5. The Labute approximate surface area is 221 Å². The van der Waals surface area contributed by atoms with Gasteiger partial charge in [0.25, 0.3) is 5.91 Å². The Bertz CT molecular complexity index is 1320. The fourth-order valence-electron chi connectivity index (χ4n) is 3.27. The summed E-state index contributed by atoms with van der Waals surface area (Å²) in [6, 6.07) is 17.3. The van der Waals surface area contributed by atoms with E-state index < -0.39 is 11.8 Å². The van der Waals surface area contributed by atoms with Gasteiger partial charge in [0.05, 0.1) is 19.9 Å². The lowest BCUT2D eigenvalue weighted by molar-refractivity contribution is -0.136. The van der Waals surface area contributed by atoms with E-state index in [1.165, 1.54) is 13.3 Å². The molecule has 0 saturated heterocycles. The lowest BCUT2D eigenvalue weighted by Gasteiger charge is -2.13. The molecule has 0 bridgehead atoms. The lowest BCUT2D eigenvalue weighted by Crippen LogP contribution is -2.32. The number of nitrogens with zero attached hydrogens (tertiary/aromatic N) is 1. The summed E-state index contributed by atoms with van der Waals surface area (Å²) in [6.45, 7) is 5.85. The second kappa shape index (κ2) is 13.4. The minimum Gasteiger partial charge on any atom is -0.497 e. The first-order valence-corrected chi connectivity index (χ1v) is 11.8. The zero-order chi connectivity index (χ0) is 27.5. The largest absolute Gasteiger partial charge is 0.497 e. The Kier molecular flexibility index (Phi) is 9.81. The summed E-state index contributed by atoms with van der Waals surface area (Å²) in [4.78, 5) is 36.5. The Morgan fingerprint density at radius 2 is 1.63 bits per heavy atom. The zero-order valence-electron chi connectivity index (χ0n) is 21.7. The van der Waals surface area contributed by atoms with Gasteiger partial charge in [0.15, 0.2) is 18.1 Å². The number of carbonyl (C=O) groups excluding carboxylic acids is 3. The van der Waals surface area contributed by atoms with E-state index in [2.05, 4.69) is 21.2 Å². The lowest BCUT2D eigenvalue weighted by atomic mass is 10.1. The molecule has 0 aromatic heterocycles. The Hall–Kier alpha value is -4.86. The number of benzene rings is 3. The van der Waals surface area contributed by atoms with Crippen molar-refractivity contribution in [2.75, 3.05) is 31.0 Å². The van der Waals surface area contributed by atoms with Crippen LogP contribution in [-0.2, 0) is 14.4 Å². The molecule has 3 aromatic carbocycles. The van der Waals surface area contributed by atoms with Gasteiger partial charge in [0.2, 0.25) is 0 Å². The highest BCUT2D eigenvalue weighted by Crippen LogP contribution is 2.28. The van der Waals surface area contributed by atoms with E-state index in [1.54, 1.807) is 42.5 Å². The molecule has 0 unspecified atom stereocenters. The van der Waals surface area contributed by atoms with Crippen LogP contribution in [0.25, 0.3) is 0 Å². The van der Waals surface area contributed by atoms with Crippen LogP contribution in [0, 0.1) is 13.8 Å². The molecule has 38 heavy (non-hydrogen) atoms. The molecule has 0 atom stereocenters. The molecule has 0 aliphatic carbocycles. The molecule has 0 fully saturated rings. The van der Waals surface area contributed by atoms with Crippen molar-refractivity contribution in [3.63, 3.8) is 0 Å². The van der Waals surface area contributed by atoms with Crippen molar-refractivity contribution in [1.29, 1.82) is 0 Å². The van der Waals surface area contributed by atoms with Gasteiger partial charge in [-0.2, -0.15) is 5.10 Å². The summed E-state index contributed by atoms with van der Waals surface area (Å²) in [5, 5.41) is 9.15. The van der Waals surface area contributed by atoms with Gasteiger partial charge < -0.3 is 24.8 Å². The van der Waals surface area contributed by atoms with E-state index in [4.69, 9.17) is 14.2 Å². The topological polar surface area (TPSA) is 127 Å². The molecule has 3 rings (SSSR count). The fraction of sp³-hybridized carbons (Fsp3) is 0.214. The molecule has 3 aromatic rings. The molecule has 10 nitrogen and oxygen atoms in total. The minimum atomic E-state index is -0.933. The van der Waals surface area contributed by atoms with E-state index in [-0.39, 0.29) is 12.5 Å². The van der Waals surface area contributed by atoms with Crippen LogP contribution in [0.1, 0.15) is 23.6 Å². The number of methoxy groups -OCH3 is 1. The molecule has 198 valence electrons. The Morgan fingerprint density at radius 1 is 0.868 bits per heavy atom. The highest BCUT2D eigenvalue weighted by molar-refractivity contribution is 6.39. The zero-order valence-corrected chi connectivity index (χ0v) is 21.7. The number of carbonyl (C=O) groups is 3. The van der Waals surface area contributed by atoms with Crippen LogP contribution in [-0.4, -0.2) is 44.3 Å². The van der Waals surface area contributed by atoms with Crippen molar-refractivity contribution in [3.05, 3.63) is 77.4 Å². The minimum absolute atomic E-state index is 0.208. The highest BCUT2D eigenvalue weighted by Gasteiger charge is 2.13. The molecule has 3 amide bonds. The fourth-order valence-corrected chi connectivity index (χ4v) is 3.27. The van der Waals surface area contributed by atoms with E-state index in [1.807, 2.05) is 39.0 Å². The number of rotatable bonds is 10. The van der Waals surface area contributed by atoms with Crippen LogP contribution < -0.4 is 30.3 Å². The number of amides is 3. The van der Waals surface area contributed by atoms with Gasteiger partial charge in [-0.05, 0) is 86.0 Å². The predicted octanol–water partition coefficient (Wildman–Crippen LogP) is 3.82. The number of hydrogen-bond acceptors (Lipinski definition) is 7. The summed E-state index contributed by atoms with van der Waals surface area (Å²) in [5.41, 5.74) is 5.92. The third-order valence-electron chi connectivity index (χ3n) is 5.23. The molecule has 0 aliphatic heterocycles. The summed E-state index contributed by atoms with van der Waals surface area (Å²) in [6.07, 6.45) is 1.36. The molecule has 0 spiro atoms. The Balaban J connectivity index is 1.56. The number of hydrazone groups is 1. The summed E-state index contributed by atoms with van der Waals surface area (Å²) >= 11 is 0. The van der Waals surface area contributed by atoms with Crippen molar-refractivity contribution >= 4 is 35.3 Å². The standard InChI is InChI=1S/C28H30N4O6/c1-5-37-25-15-20(16-29-32-28(35)27(34)30-21-9-11-22(36-4)12-10-21)8-13-24(25)38-17-26(33)31-23-14-18(2)6-7-19(23)3/h6-16H,5,17H2,1-4H3,(H,30,34)(H,31,33)(H,32,35)/b29-16-. The summed E-state index contributed by atoms with van der Waals surface area (Å²) < 4.78 is 16.4. The maximum Gasteiger partial charge on any atom is 0.329 e. The van der Waals surface area contributed by atoms with Crippen molar-refractivity contribution in [1.82, 2.24) is 5.43 Å². The van der Waals surface area contributed by atoms with Gasteiger partial charge in [-0.1, -0.05) is 12.1 Å². The van der Waals surface area contributed by atoms with Crippen molar-refractivity contribution in [2.24, 2.45) is 5.10 Å². The number of nitrogens with one attached hydrogen (secondary N) is 3. The van der Waals surface area contributed by atoms with Gasteiger partial charge >= 0.3 is 11.8 Å². The molecule has 10 heteroatoms. The third-order valence-corrected chi connectivity index (χ3v) is 5.23. The van der Waals surface area contributed by atoms with Gasteiger partial charge in [-0.15, -0.1) is 0 Å². The normalized spacial score (nSPS) is 10.5. The van der Waals surface area contributed by atoms with Crippen molar-refractivity contribution in [3.8, 4) is 17.2 Å². The maximum absolute atomic E-state index is 12.4. The molecule has 0 saturated carbocycles. The summed E-state index contributed by atoms with van der Waals surface area (Å²) in [5.74, 6) is -0.701. The predicted molar refractivity (Wildman–Crippen MR) is 145 cm³/mol. The molecule has 0 heterocycles. The van der Waals surface area contributed by atoms with Gasteiger partial charge in [0, 0.05) is 11.4 Å². The number of aryl methyl sites for hydroxylation is 2. The van der Waals surface area contributed by atoms with Gasteiger partial charge in [0.1, 0.15) is 5.75 Å². The van der Waals surface area contributed by atoms with Crippen LogP contribution in [0.4, 0.5) is 11.4 Å². The number of ether oxygens (including phenoxy) is 3. The van der Waals surface area contributed by atoms with E-state index in [0.29, 0.717) is 35.1 Å². The van der Waals surface area contributed by atoms with Crippen LogP contribution in [0.15, 0.2) is 65.8 Å². The number of anilines is 2. The molecule has 0 radical (unpaired) electrons. The monoisotopic (exact) mass is 518 g/mol. The second-order valence-corrected chi connectivity index (χ2v) is 8.18. The van der Waals surface area contributed by atoms with Crippen LogP contribution >= 0.6 is 0 Å². The molecular formula is C28H30N4O6. The SMILES string of the molecule is CCOc1cc(/C=N\NC(=O)C(=O)Nc2ccc(OC)cc2)ccc1OCC(=O)Nc1cc(C)ccc1C. The first-order valence-electron chi connectivity index (χ1n) is 11.8. The molecule has 3 N–H and O–H groups in total. The number of hydrogen-bond donors (Lipinski definition) is 3. The average Bonchev–Trinajstić information content (AvgIpc) is 2.90.